The molecule has 0 saturated carbocycles. The first-order valence-electron chi connectivity index (χ1n) is 6.26. The molecule has 0 amide bonds. The predicted molar refractivity (Wildman–Crippen MR) is 74.0 cm³/mol. The number of phenolic OH excluding ortho intramolecular Hbond substituents is 1. The molecule has 3 heteroatoms. The van der Waals surface area contributed by atoms with E-state index in [4.69, 9.17) is 0 Å². The van der Waals surface area contributed by atoms with Crippen LogP contribution in [-0.2, 0) is 6.54 Å². The van der Waals surface area contributed by atoms with Crippen molar-refractivity contribution in [1.29, 1.82) is 0 Å². The van der Waals surface area contributed by atoms with Crippen molar-refractivity contribution >= 4 is 15.9 Å². The van der Waals surface area contributed by atoms with Crippen molar-refractivity contribution in [3.63, 3.8) is 0 Å². The SMILES string of the molecule is CC(C)C1CCN(Cc2ccc(O)c(Br)c2)C1. The Morgan fingerprint density at radius 1 is 1.47 bits per heavy atom. The van der Waals surface area contributed by atoms with Crippen LogP contribution in [-0.4, -0.2) is 23.1 Å². The zero-order valence-electron chi connectivity index (χ0n) is 10.5. The van der Waals surface area contributed by atoms with Gasteiger partial charge in [-0.2, -0.15) is 0 Å². The zero-order chi connectivity index (χ0) is 12.4. The molecule has 1 aliphatic rings. The summed E-state index contributed by atoms with van der Waals surface area (Å²) >= 11 is 3.36. The Kier molecular flexibility index (Phi) is 4.10. The summed E-state index contributed by atoms with van der Waals surface area (Å²) in [6, 6.07) is 5.77. The first-order chi connectivity index (χ1) is 8.06. The molecule has 2 rings (SSSR count). The van der Waals surface area contributed by atoms with E-state index in [9.17, 15) is 5.11 Å². The van der Waals surface area contributed by atoms with Gasteiger partial charge in [0.1, 0.15) is 5.75 Å². The maximum atomic E-state index is 9.46. The van der Waals surface area contributed by atoms with Crippen LogP contribution >= 0.6 is 15.9 Å². The lowest BCUT2D eigenvalue weighted by Gasteiger charge is -2.18. The molecule has 1 saturated heterocycles. The first-order valence-corrected chi connectivity index (χ1v) is 7.05. The number of nitrogens with zero attached hydrogens (tertiary/aromatic N) is 1. The van der Waals surface area contributed by atoms with Gasteiger partial charge in [-0.25, -0.2) is 0 Å². The van der Waals surface area contributed by atoms with Gasteiger partial charge >= 0.3 is 0 Å². The van der Waals surface area contributed by atoms with Crippen LogP contribution in [0.15, 0.2) is 22.7 Å². The lowest BCUT2D eigenvalue weighted by Crippen LogP contribution is -2.21. The van der Waals surface area contributed by atoms with Gasteiger partial charge in [-0.3, -0.25) is 4.90 Å². The number of hydrogen-bond acceptors (Lipinski definition) is 2. The quantitative estimate of drug-likeness (QED) is 0.921. The van der Waals surface area contributed by atoms with Gasteiger partial charge in [0.25, 0.3) is 0 Å². The van der Waals surface area contributed by atoms with Gasteiger partial charge in [-0.05, 0) is 58.4 Å². The number of aromatic hydroxyl groups is 1. The van der Waals surface area contributed by atoms with E-state index in [2.05, 4.69) is 34.7 Å². The largest absolute Gasteiger partial charge is 0.507 e. The molecular weight excluding hydrogens is 278 g/mol. The van der Waals surface area contributed by atoms with Gasteiger partial charge in [-0.15, -0.1) is 0 Å². The number of hydrogen-bond donors (Lipinski definition) is 1. The van der Waals surface area contributed by atoms with Crippen LogP contribution in [0.5, 0.6) is 5.75 Å². The second-order valence-electron chi connectivity index (χ2n) is 5.31. The van der Waals surface area contributed by atoms with E-state index in [0.717, 1.165) is 22.9 Å². The van der Waals surface area contributed by atoms with Gasteiger partial charge in [-0.1, -0.05) is 19.9 Å². The molecule has 94 valence electrons. The van der Waals surface area contributed by atoms with Gasteiger partial charge in [0, 0.05) is 13.1 Å². The van der Waals surface area contributed by atoms with Crippen molar-refractivity contribution in [2.24, 2.45) is 11.8 Å². The summed E-state index contributed by atoms with van der Waals surface area (Å²) < 4.78 is 0.787. The molecule has 0 spiro atoms. The maximum Gasteiger partial charge on any atom is 0.129 e. The molecule has 2 nitrogen and oxygen atoms in total. The molecule has 1 unspecified atom stereocenters. The normalized spacial score (nSPS) is 21.3. The summed E-state index contributed by atoms with van der Waals surface area (Å²) in [6.07, 6.45) is 1.32. The highest BCUT2D eigenvalue weighted by Crippen LogP contribution is 2.28. The summed E-state index contributed by atoms with van der Waals surface area (Å²) in [4.78, 5) is 2.50. The van der Waals surface area contributed by atoms with Gasteiger partial charge in [0.15, 0.2) is 0 Å². The van der Waals surface area contributed by atoms with Crippen molar-refractivity contribution < 1.29 is 5.11 Å². The van der Waals surface area contributed by atoms with Crippen LogP contribution in [0.3, 0.4) is 0 Å². The molecule has 1 aliphatic heterocycles. The molecule has 17 heavy (non-hydrogen) atoms. The highest BCUT2D eigenvalue weighted by Gasteiger charge is 2.24. The maximum absolute atomic E-state index is 9.46. The smallest absolute Gasteiger partial charge is 0.129 e. The summed E-state index contributed by atoms with van der Waals surface area (Å²) in [5, 5.41) is 9.46. The minimum absolute atomic E-state index is 0.315. The Balaban J connectivity index is 1.96. The monoisotopic (exact) mass is 297 g/mol. The van der Waals surface area contributed by atoms with Crippen LogP contribution < -0.4 is 0 Å². The highest BCUT2D eigenvalue weighted by atomic mass is 79.9. The molecule has 1 fully saturated rings. The van der Waals surface area contributed by atoms with Crippen LogP contribution in [0.4, 0.5) is 0 Å². The lowest BCUT2D eigenvalue weighted by atomic mass is 9.95. The van der Waals surface area contributed by atoms with Gasteiger partial charge in [0.05, 0.1) is 4.47 Å². The molecule has 1 N–H and O–H groups in total. The molecular formula is C14H20BrNO. The fraction of sp³-hybridized carbons (Fsp3) is 0.571. The standard InChI is InChI=1S/C14H20BrNO/c1-10(2)12-5-6-16(9-12)8-11-3-4-14(17)13(15)7-11/h3-4,7,10,12,17H,5-6,8-9H2,1-2H3. The first kappa shape index (κ1) is 12.9. The van der Waals surface area contributed by atoms with Crippen molar-refractivity contribution in [1.82, 2.24) is 4.90 Å². The Bertz CT molecular complexity index is 392. The molecule has 1 aromatic carbocycles. The zero-order valence-corrected chi connectivity index (χ0v) is 12.1. The van der Waals surface area contributed by atoms with Gasteiger partial charge < -0.3 is 5.11 Å². The summed E-state index contributed by atoms with van der Waals surface area (Å²) in [5.41, 5.74) is 1.26. The summed E-state index contributed by atoms with van der Waals surface area (Å²) in [5.74, 6) is 1.94. The third-order valence-corrected chi connectivity index (χ3v) is 4.31. The molecule has 1 aromatic rings. The van der Waals surface area contributed by atoms with E-state index < -0.39 is 0 Å². The molecule has 0 aliphatic carbocycles. The van der Waals surface area contributed by atoms with E-state index in [0.29, 0.717) is 5.75 Å². The molecule has 0 bridgehead atoms. The molecule has 0 aromatic heterocycles. The third-order valence-electron chi connectivity index (χ3n) is 3.67. The number of likely N-dealkylation sites (tertiary alicyclic amines) is 1. The Morgan fingerprint density at radius 3 is 2.82 bits per heavy atom. The fourth-order valence-corrected chi connectivity index (χ4v) is 2.88. The van der Waals surface area contributed by atoms with E-state index >= 15 is 0 Å². The lowest BCUT2D eigenvalue weighted by molar-refractivity contribution is 0.296. The number of rotatable bonds is 3. The highest BCUT2D eigenvalue weighted by molar-refractivity contribution is 9.10. The Hall–Kier alpha value is -0.540. The second-order valence-corrected chi connectivity index (χ2v) is 6.17. The fourth-order valence-electron chi connectivity index (χ4n) is 2.46. The minimum atomic E-state index is 0.315. The molecule has 1 heterocycles. The average molecular weight is 298 g/mol. The predicted octanol–water partition coefficient (Wildman–Crippen LogP) is 3.63. The molecule has 1 atom stereocenters. The number of phenols is 1. The molecule has 0 radical (unpaired) electrons. The minimum Gasteiger partial charge on any atom is -0.507 e. The second kappa shape index (κ2) is 5.40. The Labute approximate surface area is 112 Å². The average Bonchev–Trinajstić information content (AvgIpc) is 2.72. The van der Waals surface area contributed by atoms with E-state index in [-0.39, 0.29) is 0 Å². The van der Waals surface area contributed by atoms with E-state index in [1.54, 1.807) is 6.07 Å². The topological polar surface area (TPSA) is 23.5 Å². The van der Waals surface area contributed by atoms with E-state index in [1.807, 2.05) is 12.1 Å². The van der Waals surface area contributed by atoms with E-state index in [1.165, 1.54) is 25.1 Å². The van der Waals surface area contributed by atoms with Crippen LogP contribution in [0.2, 0.25) is 0 Å². The number of halogens is 1. The van der Waals surface area contributed by atoms with Crippen molar-refractivity contribution in [2.75, 3.05) is 13.1 Å². The summed E-state index contributed by atoms with van der Waals surface area (Å²) in [6.45, 7) is 8.01. The Morgan fingerprint density at radius 2 is 2.24 bits per heavy atom. The van der Waals surface area contributed by atoms with Gasteiger partial charge in [0.2, 0.25) is 0 Å². The van der Waals surface area contributed by atoms with Crippen molar-refractivity contribution in [3.05, 3.63) is 28.2 Å². The van der Waals surface area contributed by atoms with Crippen LogP contribution in [0.1, 0.15) is 25.8 Å². The van der Waals surface area contributed by atoms with Crippen LogP contribution in [0, 0.1) is 11.8 Å². The summed E-state index contributed by atoms with van der Waals surface area (Å²) in [7, 11) is 0. The van der Waals surface area contributed by atoms with Crippen molar-refractivity contribution in [3.8, 4) is 5.75 Å². The van der Waals surface area contributed by atoms with Crippen LogP contribution in [0.25, 0.3) is 0 Å². The van der Waals surface area contributed by atoms with Crippen molar-refractivity contribution in [2.45, 2.75) is 26.8 Å². The number of benzene rings is 1. The third kappa shape index (κ3) is 3.23.